The molecule has 0 aliphatic rings. The van der Waals surface area contributed by atoms with Crippen molar-refractivity contribution in [2.45, 2.75) is 45.8 Å². The molecule has 0 spiro atoms. The van der Waals surface area contributed by atoms with Crippen LogP contribution in [0.25, 0.3) is 0 Å². The molecule has 1 atom stereocenters. The molecule has 0 aliphatic heterocycles. The van der Waals surface area contributed by atoms with Crippen LogP contribution in [0.4, 0.5) is 6.01 Å². The Labute approximate surface area is 121 Å². The monoisotopic (exact) mass is 294 g/mol. The van der Waals surface area contributed by atoms with Crippen LogP contribution in [-0.2, 0) is 11.3 Å². The molecule has 2 N–H and O–H groups in total. The number of aromatic nitrogens is 5. The van der Waals surface area contributed by atoms with Gasteiger partial charge in [0.1, 0.15) is 12.2 Å². The second kappa shape index (κ2) is 6.44. The minimum Gasteiger partial charge on any atom is -0.408 e. The van der Waals surface area contributed by atoms with Gasteiger partial charge in [0.05, 0.1) is 12.3 Å². The highest BCUT2D eigenvalue weighted by Gasteiger charge is 2.14. The lowest BCUT2D eigenvalue weighted by molar-refractivity contribution is -0.117. The number of hydrogen-bond acceptors (Lipinski definition) is 7. The van der Waals surface area contributed by atoms with Crippen molar-refractivity contribution in [2.24, 2.45) is 0 Å². The minimum absolute atomic E-state index is 0.0528. The van der Waals surface area contributed by atoms with E-state index in [1.807, 2.05) is 20.8 Å². The lowest BCUT2D eigenvalue weighted by Crippen LogP contribution is -2.19. The average molecular weight is 294 g/mol. The van der Waals surface area contributed by atoms with Crippen LogP contribution in [0.15, 0.2) is 10.6 Å². The van der Waals surface area contributed by atoms with Crippen LogP contribution in [0, 0.1) is 0 Å². The van der Waals surface area contributed by atoms with E-state index in [0.717, 1.165) is 0 Å². The zero-order valence-corrected chi connectivity index (χ0v) is 12.1. The molecule has 0 aromatic carbocycles. The molecule has 9 nitrogen and oxygen atoms in total. The van der Waals surface area contributed by atoms with E-state index >= 15 is 0 Å². The summed E-state index contributed by atoms with van der Waals surface area (Å²) in [5.41, 5.74) is 0.435. The Balaban J connectivity index is 1.93. The SMILES string of the molecule is CCC(O)c1cn(CC(=O)Nc2nnc(C(C)C)o2)nn1. The lowest BCUT2D eigenvalue weighted by Gasteiger charge is -2.01. The second-order valence-corrected chi connectivity index (χ2v) is 4.91. The highest BCUT2D eigenvalue weighted by atomic mass is 16.4. The number of aliphatic hydroxyl groups excluding tert-OH is 1. The normalized spacial score (nSPS) is 12.6. The Morgan fingerprint density at radius 3 is 2.81 bits per heavy atom. The number of nitrogens with zero attached hydrogens (tertiary/aromatic N) is 5. The third-order valence-corrected chi connectivity index (χ3v) is 2.77. The van der Waals surface area contributed by atoms with Crippen molar-refractivity contribution in [3.63, 3.8) is 0 Å². The summed E-state index contributed by atoms with van der Waals surface area (Å²) in [4.78, 5) is 11.8. The van der Waals surface area contributed by atoms with E-state index in [1.54, 1.807) is 0 Å². The van der Waals surface area contributed by atoms with Gasteiger partial charge in [-0.15, -0.1) is 10.2 Å². The van der Waals surface area contributed by atoms with Gasteiger partial charge < -0.3 is 9.52 Å². The van der Waals surface area contributed by atoms with E-state index in [2.05, 4.69) is 25.8 Å². The molecular weight excluding hydrogens is 276 g/mol. The molecule has 0 aliphatic carbocycles. The topological polar surface area (TPSA) is 119 Å². The molecule has 1 amide bonds. The van der Waals surface area contributed by atoms with Gasteiger partial charge in [-0.3, -0.25) is 10.1 Å². The number of amides is 1. The molecule has 2 rings (SSSR count). The zero-order valence-electron chi connectivity index (χ0n) is 12.1. The zero-order chi connectivity index (χ0) is 15.4. The van der Waals surface area contributed by atoms with E-state index in [4.69, 9.17) is 4.42 Å². The summed E-state index contributed by atoms with van der Waals surface area (Å²) in [5.74, 6) is 0.187. The summed E-state index contributed by atoms with van der Waals surface area (Å²) < 4.78 is 6.61. The number of aliphatic hydroxyl groups is 1. The molecule has 2 aromatic heterocycles. The number of anilines is 1. The van der Waals surface area contributed by atoms with Crippen molar-refractivity contribution in [3.05, 3.63) is 17.8 Å². The van der Waals surface area contributed by atoms with Crippen LogP contribution in [0.2, 0.25) is 0 Å². The third kappa shape index (κ3) is 3.85. The number of nitrogens with one attached hydrogen (secondary N) is 1. The molecule has 9 heteroatoms. The first-order valence-electron chi connectivity index (χ1n) is 6.71. The summed E-state index contributed by atoms with van der Waals surface area (Å²) in [6, 6.07) is 0.0534. The van der Waals surface area contributed by atoms with Crippen molar-refractivity contribution in [1.29, 1.82) is 0 Å². The number of hydrogen-bond donors (Lipinski definition) is 2. The fourth-order valence-electron chi connectivity index (χ4n) is 1.58. The van der Waals surface area contributed by atoms with Gasteiger partial charge in [-0.25, -0.2) is 4.68 Å². The Morgan fingerprint density at radius 2 is 2.19 bits per heavy atom. The van der Waals surface area contributed by atoms with Gasteiger partial charge in [0, 0.05) is 5.92 Å². The molecule has 0 radical (unpaired) electrons. The minimum atomic E-state index is -0.675. The Kier molecular flexibility index (Phi) is 4.63. The second-order valence-electron chi connectivity index (χ2n) is 4.91. The summed E-state index contributed by atoms with van der Waals surface area (Å²) in [6.45, 7) is 5.60. The average Bonchev–Trinajstić information content (AvgIpc) is 3.07. The molecule has 114 valence electrons. The predicted octanol–water partition coefficient (Wildman–Crippen LogP) is 0.867. The summed E-state index contributed by atoms with van der Waals surface area (Å²) in [6.07, 6.45) is 1.39. The van der Waals surface area contributed by atoms with Crippen LogP contribution < -0.4 is 5.32 Å². The molecule has 0 saturated carbocycles. The predicted molar refractivity (Wildman–Crippen MR) is 72.3 cm³/mol. The first kappa shape index (κ1) is 15.1. The van der Waals surface area contributed by atoms with Crippen molar-refractivity contribution >= 4 is 11.9 Å². The molecule has 2 heterocycles. The van der Waals surface area contributed by atoms with Gasteiger partial charge in [-0.1, -0.05) is 31.1 Å². The molecule has 2 aromatic rings. The first-order valence-corrected chi connectivity index (χ1v) is 6.71. The highest BCUT2D eigenvalue weighted by molar-refractivity contribution is 5.88. The number of carbonyl (C=O) groups is 1. The Hall–Kier alpha value is -2.29. The molecule has 0 saturated heterocycles. The Morgan fingerprint density at radius 1 is 1.43 bits per heavy atom. The maximum absolute atomic E-state index is 11.8. The smallest absolute Gasteiger partial charge is 0.322 e. The van der Waals surface area contributed by atoms with E-state index < -0.39 is 6.10 Å². The van der Waals surface area contributed by atoms with Crippen LogP contribution in [-0.4, -0.2) is 36.2 Å². The molecule has 0 bridgehead atoms. The van der Waals surface area contributed by atoms with Crippen LogP contribution in [0.3, 0.4) is 0 Å². The van der Waals surface area contributed by atoms with Crippen molar-refractivity contribution in [2.75, 3.05) is 5.32 Å². The van der Waals surface area contributed by atoms with E-state index in [9.17, 15) is 9.90 Å². The van der Waals surface area contributed by atoms with Gasteiger partial charge in [0.2, 0.25) is 11.8 Å². The van der Waals surface area contributed by atoms with Crippen LogP contribution in [0.5, 0.6) is 0 Å². The standard InChI is InChI=1S/C12H18N6O3/c1-4-9(19)8-5-18(17-14-8)6-10(20)13-12-16-15-11(21-12)7(2)3/h5,7,9,19H,4,6H2,1-3H3,(H,13,16,20). The van der Waals surface area contributed by atoms with E-state index in [0.29, 0.717) is 18.0 Å². The first-order chi connectivity index (χ1) is 9.99. The van der Waals surface area contributed by atoms with Gasteiger partial charge in [-0.05, 0) is 6.42 Å². The maximum Gasteiger partial charge on any atom is 0.322 e. The van der Waals surface area contributed by atoms with Crippen molar-refractivity contribution in [3.8, 4) is 0 Å². The van der Waals surface area contributed by atoms with E-state index in [-0.39, 0.29) is 24.4 Å². The third-order valence-electron chi connectivity index (χ3n) is 2.77. The molecule has 21 heavy (non-hydrogen) atoms. The summed E-state index contributed by atoms with van der Waals surface area (Å²) in [7, 11) is 0. The van der Waals surface area contributed by atoms with Gasteiger partial charge in [0.15, 0.2) is 0 Å². The molecular formula is C12H18N6O3. The number of carbonyl (C=O) groups excluding carboxylic acids is 1. The number of rotatable bonds is 6. The summed E-state index contributed by atoms with van der Waals surface area (Å²) >= 11 is 0. The van der Waals surface area contributed by atoms with Crippen LogP contribution in [0.1, 0.15) is 50.8 Å². The molecule has 1 unspecified atom stereocenters. The van der Waals surface area contributed by atoms with Crippen molar-refractivity contribution in [1.82, 2.24) is 25.2 Å². The maximum atomic E-state index is 11.8. The largest absolute Gasteiger partial charge is 0.408 e. The van der Waals surface area contributed by atoms with Gasteiger partial charge in [-0.2, -0.15) is 0 Å². The fourth-order valence-corrected chi connectivity index (χ4v) is 1.58. The summed E-state index contributed by atoms with van der Waals surface area (Å²) in [5, 5.41) is 27.2. The highest BCUT2D eigenvalue weighted by Crippen LogP contribution is 2.15. The van der Waals surface area contributed by atoms with E-state index in [1.165, 1.54) is 10.9 Å². The van der Waals surface area contributed by atoms with Gasteiger partial charge >= 0.3 is 6.01 Å². The molecule has 0 fully saturated rings. The quantitative estimate of drug-likeness (QED) is 0.811. The Bertz CT molecular complexity index is 606. The van der Waals surface area contributed by atoms with Gasteiger partial charge in [0.25, 0.3) is 0 Å². The van der Waals surface area contributed by atoms with Crippen molar-refractivity contribution < 1.29 is 14.3 Å². The fraction of sp³-hybridized carbons (Fsp3) is 0.583. The lowest BCUT2D eigenvalue weighted by atomic mass is 10.2. The van der Waals surface area contributed by atoms with Crippen LogP contribution >= 0.6 is 0 Å².